The third-order valence-electron chi connectivity index (χ3n) is 4.75. The molecule has 3 rings (SSSR count). The van der Waals surface area contributed by atoms with Crippen molar-refractivity contribution in [1.29, 1.82) is 0 Å². The van der Waals surface area contributed by atoms with Crippen LogP contribution in [0.3, 0.4) is 0 Å². The zero-order valence-electron chi connectivity index (χ0n) is 13.8. The second-order valence-electron chi connectivity index (χ2n) is 6.52. The fourth-order valence-corrected chi connectivity index (χ4v) is 3.39. The van der Waals surface area contributed by atoms with Crippen LogP contribution in [-0.2, 0) is 20.9 Å². The van der Waals surface area contributed by atoms with E-state index in [1.807, 2.05) is 30.3 Å². The molecule has 0 aliphatic carbocycles. The third kappa shape index (κ3) is 3.85. The van der Waals surface area contributed by atoms with Crippen molar-refractivity contribution in [2.45, 2.75) is 44.0 Å². The van der Waals surface area contributed by atoms with Crippen molar-refractivity contribution >= 4 is 11.9 Å². The Hall–Kier alpha value is -2.14. The van der Waals surface area contributed by atoms with Gasteiger partial charge in [-0.25, -0.2) is 4.79 Å². The Morgan fingerprint density at radius 1 is 1.33 bits per heavy atom. The highest BCUT2D eigenvalue weighted by Crippen LogP contribution is 2.36. The van der Waals surface area contributed by atoms with Crippen molar-refractivity contribution in [2.24, 2.45) is 0 Å². The van der Waals surface area contributed by atoms with E-state index in [2.05, 4.69) is 6.58 Å². The molecular weight excluding hydrogens is 306 g/mol. The van der Waals surface area contributed by atoms with Crippen molar-refractivity contribution in [3.63, 3.8) is 0 Å². The van der Waals surface area contributed by atoms with E-state index in [0.29, 0.717) is 38.8 Å². The molecule has 0 aromatic heterocycles. The maximum Gasteiger partial charge on any atom is 0.410 e. The Morgan fingerprint density at radius 3 is 2.71 bits per heavy atom. The molecular formula is C19H23NO4. The lowest BCUT2D eigenvalue weighted by Crippen LogP contribution is -2.52. The zero-order chi connectivity index (χ0) is 17.0. The lowest BCUT2D eigenvalue weighted by atomic mass is 9.82. The number of likely N-dealkylation sites (tertiary alicyclic amines) is 1. The monoisotopic (exact) mass is 329 g/mol. The molecule has 1 aromatic carbocycles. The van der Waals surface area contributed by atoms with Crippen molar-refractivity contribution in [1.82, 2.24) is 4.90 Å². The van der Waals surface area contributed by atoms with E-state index in [1.54, 1.807) is 11.0 Å². The van der Waals surface area contributed by atoms with Gasteiger partial charge < -0.3 is 14.4 Å². The molecule has 2 aliphatic heterocycles. The summed E-state index contributed by atoms with van der Waals surface area (Å²) in [6.45, 7) is 5.10. The van der Waals surface area contributed by atoms with Gasteiger partial charge in [-0.15, -0.1) is 6.58 Å². The van der Waals surface area contributed by atoms with Gasteiger partial charge in [0.15, 0.2) is 0 Å². The summed E-state index contributed by atoms with van der Waals surface area (Å²) in [4.78, 5) is 25.8. The number of benzene rings is 1. The van der Waals surface area contributed by atoms with E-state index in [1.165, 1.54) is 0 Å². The fourth-order valence-electron chi connectivity index (χ4n) is 3.39. The first-order valence-corrected chi connectivity index (χ1v) is 8.38. The first kappa shape index (κ1) is 16.7. The smallest absolute Gasteiger partial charge is 0.410 e. The van der Waals surface area contributed by atoms with Gasteiger partial charge in [-0.1, -0.05) is 36.4 Å². The Kier molecular flexibility index (Phi) is 5.00. The average molecular weight is 329 g/mol. The van der Waals surface area contributed by atoms with Crippen LogP contribution in [0, 0.1) is 0 Å². The third-order valence-corrected chi connectivity index (χ3v) is 4.75. The van der Waals surface area contributed by atoms with Gasteiger partial charge in [-0.3, -0.25) is 4.79 Å². The highest BCUT2D eigenvalue weighted by atomic mass is 16.6. The number of carbonyl (C=O) groups is 2. The molecule has 2 heterocycles. The molecule has 1 atom stereocenters. The van der Waals surface area contributed by atoms with E-state index in [0.717, 1.165) is 5.56 Å². The van der Waals surface area contributed by atoms with Crippen molar-refractivity contribution in [3.05, 3.63) is 48.6 Å². The molecule has 24 heavy (non-hydrogen) atoms. The standard InChI is InChI=1S/C19H23NO4/c1-2-17-12-16(21)13-19(24-17)8-10-20(11-9-19)18(22)23-14-15-6-4-3-5-7-15/h2-7,17H,1,8-14H2. The van der Waals surface area contributed by atoms with Gasteiger partial charge in [0, 0.05) is 25.9 Å². The molecule has 0 saturated carbocycles. The Morgan fingerprint density at radius 2 is 2.04 bits per heavy atom. The second-order valence-corrected chi connectivity index (χ2v) is 6.52. The van der Waals surface area contributed by atoms with E-state index in [9.17, 15) is 9.59 Å². The number of rotatable bonds is 3. The predicted molar refractivity (Wildman–Crippen MR) is 89.5 cm³/mol. The topological polar surface area (TPSA) is 55.8 Å². The molecule has 1 unspecified atom stereocenters. The van der Waals surface area contributed by atoms with E-state index in [-0.39, 0.29) is 24.6 Å². The molecule has 0 N–H and O–H groups in total. The van der Waals surface area contributed by atoms with Crippen LogP contribution in [0.25, 0.3) is 0 Å². The second kappa shape index (κ2) is 7.18. The zero-order valence-corrected chi connectivity index (χ0v) is 13.8. The van der Waals surface area contributed by atoms with Crippen LogP contribution in [0.1, 0.15) is 31.2 Å². The van der Waals surface area contributed by atoms with Gasteiger partial charge in [-0.05, 0) is 18.4 Å². The highest BCUT2D eigenvalue weighted by molar-refractivity contribution is 5.81. The lowest BCUT2D eigenvalue weighted by Gasteiger charge is -2.45. The minimum Gasteiger partial charge on any atom is -0.445 e. The quantitative estimate of drug-likeness (QED) is 0.800. The van der Waals surface area contributed by atoms with Crippen LogP contribution in [0.15, 0.2) is 43.0 Å². The average Bonchev–Trinajstić information content (AvgIpc) is 2.60. The summed E-state index contributed by atoms with van der Waals surface area (Å²) in [6, 6.07) is 9.62. The molecule has 1 spiro atoms. The first-order chi connectivity index (χ1) is 11.6. The molecule has 0 bridgehead atoms. The Bertz CT molecular complexity index is 605. The SMILES string of the molecule is C=CC1CC(=O)CC2(CCN(C(=O)OCc3ccccc3)CC2)O1. The molecule has 2 saturated heterocycles. The molecule has 5 nitrogen and oxygen atoms in total. The van der Waals surface area contributed by atoms with E-state index < -0.39 is 5.60 Å². The van der Waals surface area contributed by atoms with Gasteiger partial charge in [0.25, 0.3) is 0 Å². The maximum absolute atomic E-state index is 12.2. The normalized spacial score (nSPS) is 23.1. The van der Waals surface area contributed by atoms with Crippen LogP contribution in [-0.4, -0.2) is 41.6 Å². The van der Waals surface area contributed by atoms with Gasteiger partial charge in [-0.2, -0.15) is 0 Å². The van der Waals surface area contributed by atoms with Gasteiger partial charge >= 0.3 is 6.09 Å². The number of hydrogen-bond acceptors (Lipinski definition) is 4. The van der Waals surface area contributed by atoms with Crippen LogP contribution < -0.4 is 0 Å². The largest absolute Gasteiger partial charge is 0.445 e. The molecule has 0 radical (unpaired) electrons. The summed E-state index contributed by atoms with van der Waals surface area (Å²) in [5.74, 6) is 0.214. The van der Waals surface area contributed by atoms with Crippen molar-refractivity contribution in [3.8, 4) is 0 Å². The summed E-state index contributed by atoms with van der Waals surface area (Å²) in [5, 5.41) is 0. The highest BCUT2D eigenvalue weighted by Gasteiger charge is 2.43. The van der Waals surface area contributed by atoms with Crippen molar-refractivity contribution < 1.29 is 19.1 Å². The lowest BCUT2D eigenvalue weighted by molar-refractivity contribution is -0.157. The minimum absolute atomic E-state index is 0.206. The van der Waals surface area contributed by atoms with Gasteiger partial charge in [0.1, 0.15) is 12.4 Å². The van der Waals surface area contributed by atoms with E-state index >= 15 is 0 Å². The molecule has 5 heteroatoms. The fraction of sp³-hybridized carbons (Fsp3) is 0.474. The number of ketones is 1. The number of ether oxygens (including phenoxy) is 2. The predicted octanol–water partition coefficient (Wildman–Crippen LogP) is 3.09. The first-order valence-electron chi connectivity index (χ1n) is 8.38. The number of piperidine rings is 1. The molecule has 1 amide bonds. The van der Waals surface area contributed by atoms with Crippen LogP contribution in [0.2, 0.25) is 0 Å². The molecule has 2 fully saturated rings. The van der Waals surface area contributed by atoms with Crippen LogP contribution in [0.4, 0.5) is 4.79 Å². The van der Waals surface area contributed by atoms with E-state index in [4.69, 9.17) is 9.47 Å². The van der Waals surface area contributed by atoms with Gasteiger partial charge in [0.05, 0.1) is 11.7 Å². The van der Waals surface area contributed by atoms with Crippen LogP contribution >= 0.6 is 0 Å². The summed E-state index contributed by atoms with van der Waals surface area (Å²) in [5.41, 5.74) is 0.527. The van der Waals surface area contributed by atoms with Gasteiger partial charge in [0.2, 0.25) is 0 Å². The molecule has 1 aromatic rings. The summed E-state index contributed by atoms with van der Waals surface area (Å²) in [7, 11) is 0. The number of nitrogens with zero attached hydrogens (tertiary/aromatic N) is 1. The summed E-state index contributed by atoms with van der Waals surface area (Å²) in [6.07, 6.45) is 3.34. The number of Topliss-reactive ketones (excluding diaryl/α,β-unsaturated/α-hetero) is 1. The summed E-state index contributed by atoms with van der Waals surface area (Å²) < 4.78 is 11.4. The minimum atomic E-state index is -0.440. The van der Waals surface area contributed by atoms with Crippen LogP contribution in [0.5, 0.6) is 0 Å². The maximum atomic E-state index is 12.2. The number of carbonyl (C=O) groups excluding carboxylic acids is 2. The van der Waals surface area contributed by atoms with Crippen molar-refractivity contribution in [2.75, 3.05) is 13.1 Å². The number of amides is 1. The Balaban J connectivity index is 1.52. The summed E-state index contributed by atoms with van der Waals surface area (Å²) >= 11 is 0. The molecule has 2 aliphatic rings. The molecule has 128 valence electrons. The number of hydrogen-bond donors (Lipinski definition) is 0. The Labute approximate surface area is 142 Å².